The molecule has 7 heteroatoms. The van der Waals surface area contributed by atoms with E-state index in [9.17, 15) is 14.4 Å². The number of carbonyl (C=O) groups is 3. The minimum atomic E-state index is -1.07. The first-order valence-electron chi connectivity index (χ1n) is 6.64. The summed E-state index contributed by atoms with van der Waals surface area (Å²) in [5.41, 5.74) is 0. The maximum Gasteiger partial charge on any atom is 0.323 e. The lowest BCUT2D eigenvalue weighted by atomic mass is 10.2. The number of carboxylic acid groups (broad SMARTS) is 1. The molecule has 0 bridgehead atoms. The Morgan fingerprint density at radius 3 is 2.05 bits per heavy atom. The van der Waals surface area contributed by atoms with Crippen molar-refractivity contribution in [3.63, 3.8) is 0 Å². The van der Waals surface area contributed by atoms with E-state index in [2.05, 4.69) is 5.32 Å². The van der Waals surface area contributed by atoms with E-state index in [0.29, 0.717) is 6.54 Å². The largest absolute Gasteiger partial charge is 0.480 e. The highest BCUT2D eigenvalue weighted by molar-refractivity contribution is 5.85. The first-order valence-corrected chi connectivity index (χ1v) is 6.64. The van der Waals surface area contributed by atoms with E-state index in [-0.39, 0.29) is 31.0 Å². The highest BCUT2D eigenvalue weighted by Gasteiger charge is 2.22. The molecule has 0 aromatic heterocycles. The van der Waals surface area contributed by atoms with Crippen molar-refractivity contribution in [2.75, 3.05) is 26.7 Å². The Morgan fingerprint density at radius 2 is 1.65 bits per heavy atom. The number of hydrogen-bond acceptors (Lipinski definition) is 3. The van der Waals surface area contributed by atoms with Crippen LogP contribution >= 0.6 is 0 Å². The lowest BCUT2D eigenvalue weighted by molar-refractivity contribution is -0.137. The number of amides is 3. The van der Waals surface area contributed by atoms with Crippen molar-refractivity contribution >= 4 is 17.9 Å². The van der Waals surface area contributed by atoms with E-state index in [0.717, 1.165) is 0 Å². The lowest BCUT2D eigenvalue weighted by Crippen LogP contribution is -2.48. The summed E-state index contributed by atoms with van der Waals surface area (Å²) in [6, 6.07) is -0.461. The lowest BCUT2D eigenvalue weighted by Gasteiger charge is -2.28. The summed E-state index contributed by atoms with van der Waals surface area (Å²) < 4.78 is 0. The van der Waals surface area contributed by atoms with Crippen LogP contribution in [0.15, 0.2) is 0 Å². The third-order valence-electron chi connectivity index (χ3n) is 2.34. The van der Waals surface area contributed by atoms with Crippen LogP contribution in [0.2, 0.25) is 0 Å². The fourth-order valence-corrected chi connectivity index (χ4v) is 1.71. The van der Waals surface area contributed by atoms with Crippen LogP contribution in [-0.4, -0.2) is 65.5 Å². The predicted molar refractivity (Wildman–Crippen MR) is 75.4 cm³/mol. The van der Waals surface area contributed by atoms with Gasteiger partial charge in [0.05, 0.1) is 0 Å². The van der Waals surface area contributed by atoms with Gasteiger partial charge in [-0.15, -0.1) is 0 Å². The number of carboxylic acids is 1. The molecule has 0 aromatic carbocycles. The monoisotopic (exact) mass is 287 g/mol. The number of aliphatic carboxylic acids is 1. The third kappa shape index (κ3) is 7.60. The Morgan fingerprint density at radius 1 is 1.10 bits per heavy atom. The maximum absolute atomic E-state index is 12.1. The second kappa shape index (κ2) is 8.39. The number of rotatable bonds is 7. The molecule has 0 fully saturated rings. The Kier molecular flexibility index (Phi) is 7.64. The summed E-state index contributed by atoms with van der Waals surface area (Å²) in [6.07, 6.45) is 0. The van der Waals surface area contributed by atoms with Gasteiger partial charge < -0.3 is 20.2 Å². The summed E-state index contributed by atoms with van der Waals surface area (Å²) in [4.78, 5) is 37.0. The summed E-state index contributed by atoms with van der Waals surface area (Å²) in [6.45, 7) is 7.32. The number of nitrogens with zero attached hydrogens (tertiary/aromatic N) is 2. The van der Waals surface area contributed by atoms with Gasteiger partial charge in [0, 0.05) is 19.6 Å². The molecule has 0 atom stereocenters. The second-order valence-electron chi connectivity index (χ2n) is 5.53. The molecule has 0 heterocycles. The van der Waals surface area contributed by atoms with Gasteiger partial charge in [0.2, 0.25) is 5.91 Å². The van der Waals surface area contributed by atoms with E-state index >= 15 is 0 Å². The molecular weight excluding hydrogens is 262 g/mol. The van der Waals surface area contributed by atoms with Gasteiger partial charge in [-0.25, -0.2) is 4.79 Å². The molecule has 0 radical (unpaired) electrons. The molecule has 3 amide bonds. The molecule has 0 rings (SSSR count). The van der Waals surface area contributed by atoms with Crippen molar-refractivity contribution in [2.45, 2.75) is 33.7 Å². The number of carbonyl (C=O) groups excluding carboxylic acids is 2. The summed E-state index contributed by atoms with van der Waals surface area (Å²) in [7, 11) is 1.48. The van der Waals surface area contributed by atoms with Crippen LogP contribution in [0.3, 0.4) is 0 Å². The standard InChI is InChI=1S/C13H25N3O4/c1-9(2)6-16(8-12(18)19)13(20)15(5)7-11(17)14-10(3)4/h9-10H,6-8H2,1-5H3,(H,14,17)(H,18,19). The smallest absolute Gasteiger partial charge is 0.323 e. The molecule has 20 heavy (non-hydrogen) atoms. The van der Waals surface area contributed by atoms with Gasteiger partial charge in [-0.05, 0) is 19.8 Å². The van der Waals surface area contributed by atoms with Gasteiger partial charge in [-0.2, -0.15) is 0 Å². The number of hydrogen-bond donors (Lipinski definition) is 2. The molecule has 0 aliphatic carbocycles. The molecule has 7 nitrogen and oxygen atoms in total. The van der Waals surface area contributed by atoms with Crippen LogP contribution in [0.5, 0.6) is 0 Å². The van der Waals surface area contributed by atoms with E-state index in [1.54, 1.807) is 0 Å². The molecule has 116 valence electrons. The Hall–Kier alpha value is -1.79. The minimum absolute atomic E-state index is 0.00297. The van der Waals surface area contributed by atoms with Crippen LogP contribution < -0.4 is 5.32 Å². The summed E-state index contributed by atoms with van der Waals surface area (Å²) >= 11 is 0. The molecule has 0 aromatic rings. The van der Waals surface area contributed by atoms with Crippen LogP contribution in [0, 0.1) is 5.92 Å². The summed E-state index contributed by atoms with van der Waals surface area (Å²) in [5, 5.41) is 11.5. The minimum Gasteiger partial charge on any atom is -0.480 e. The van der Waals surface area contributed by atoms with E-state index in [4.69, 9.17) is 5.11 Å². The average Bonchev–Trinajstić information content (AvgIpc) is 2.24. The first kappa shape index (κ1) is 18.2. The van der Waals surface area contributed by atoms with Gasteiger partial charge >= 0.3 is 12.0 Å². The zero-order valence-electron chi connectivity index (χ0n) is 12.8. The average molecular weight is 287 g/mol. The predicted octanol–water partition coefficient (Wildman–Crippen LogP) is 0.605. The third-order valence-corrected chi connectivity index (χ3v) is 2.34. The molecule has 0 aliphatic rings. The van der Waals surface area contributed by atoms with Crippen LogP contribution in [-0.2, 0) is 9.59 Å². The Balaban J connectivity index is 4.62. The SMILES string of the molecule is CC(C)CN(CC(=O)O)C(=O)N(C)CC(=O)NC(C)C. The highest BCUT2D eigenvalue weighted by atomic mass is 16.4. The van der Waals surface area contributed by atoms with E-state index in [1.165, 1.54) is 16.8 Å². The molecule has 0 spiro atoms. The van der Waals surface area contributed by atoms with E-state index < -0.39 is 12.0 Å². The molecular formula is C13H25N3O4. The zero-order chi connectivity index (χ0) is 15.9. The van der Waals surface area contributed by atoms with Gasteiger partial charge in [0.1, 0.15) is 13.1 Å². The molecule has 0 saturated heterocycles. The van der Waals surface area contributed by atoms with Crippen molar-refractivity contribution < 1.29 is 19.5 Å². The van der Waals surface area contributed by atoms with Gasteiger partial charge in [-0.1, -0.05) is 13.8 Å². The Bertz CT molecular complexity index is 356. The van der Waals surface area contributed by atoms with Gasteiger partial charge in [0.25, 0.3) is 0 Å². The van der Waals surface area contributed by atoms with Crippen molar-refractivity contribution in [3.8, 4) is 0 Å². The van der Waals surface area contributed by atoms with Crippen LogP contribution in [0.1, 0.15) is 27.7 Å². The van der Waals surface area contributed by atoms with Crippen molar-refractivity contribution in [1.29, 1.82) is 0 Å². The van der Waals surface area contributed by atoms with Crippen LogP contribution in [0.25, 0.3) is 0 Å². The molecule has 0 aliphatic heterocycles. The van der Waals surface area contributed by atoms with E-state index in [1.807, 2.05) is 27.7 Å². The molecule has 0 unspecified atom stereocenters. The second-order valence-corrected chi connectivity index (χ2v) is 5.53. The fourth-order valence-electron chi connectivity index (χ4n) is 1.71. The van der Waals surface area contributed by atoms with Crippen LogP contribution in [0.4, 0.5) is 4.79 Å². The molecule has 2 N–H and O–H groups in total. The molecule has 0 saturated carbocycles. The van der Waals surface area contributed by atoms with Gasteiger partial charge in [-0.3, -0.25) is 9.59 Å². The first-order chi connectivity index (χ1) is 9.13. The van der Waals surface area contributed by atoms with Crippen molar-refractivity contribution in [1.82, 2.24) is 15.1 Å². The van der Waals surface area contributed by atoms with Crippen molar-refractivity contribution in [2.24, 2.45) is 5.92 Å². The summed E-state index contributed by atoms with van der Waals surface area (Å²) in [5.74, 6) is -1.19. The number of likely N-dealkylation sites (N-methyl/N-ethyl adjacent to an activating group) is 1. The van der Waals surface area contributed by atoms with Crippen molar-refractivity contribution in [3.05, 3.63) is 0 Å². The highest BCUT2D eigenvalue weighted by Crippen LogP contribution is 2.03. The normalized spacial score (nSPS) is 10.6. The number of urea groups is 1. The zero-order valence-corrected chi connectivity index (χ0v) is 12.8. The fraction of sp³-hybridized carbons (Fsp3) is 0.769. The number of nitrogens with one attached hydrogen (secondary N) is 1. The Labute approximate surface area is 119 Å². The topological polar surface area (TPSA) is 90.0 Å². The van der Waals surface area contributed by atoms with Gasteiger partial charge in [0.15, 0.2) is 0 Å². The quantitative estimate of drug-likeness (QED) is 0.717. The maximum atomic E-state index is 12.1.